The first kappa shape index (κ1) is 10.5. The Morgan fingerprint density at radius 1 is 1.07 bits per heavy atom. The molecule has 0 amide bonds. The summed E-state index contributed by atoms with van der Waals surface area (Å²) in [7, 11) is 0. The molecule has 2 aromatic carbocycles. The molecule has 0 fully saturated rings. The van der Waals surface area contributed by atoms with Crippen LogP contribution in [0.5, 0.6) is 5.75 Å². The monoisotopic (exact) mass is 282 g/mol. The summed E-state index contributed by atoms with van der Waals surface area (Å²) in [6.07, 6.45) is 0. The fraction of sp³-hybridized carbons (Fsp3) is 0. The first-order chi connectivity index (χ1) is 7.16. The largest absolute Gasteiger partial charge is 0.508 e. The van der Waals surface area contributed by atoms with Crippen molar-refractivity contribution in [2.24, 2.45) is 0 Å². The number of halogens is 2. The van der Waals surface area contributed by atoms with Crippen LogP contribution in [-0.4, -0.2) is 5.11 Å². The fourth-order valence-electron chi connectivity index (χ4n) is 1.42. The van der Waals surface area contributed by atoms with Gasteiger partial charge in [0, 0.05) is 15.1 Å². The standard InChI is InChI=1S/C12H8BrClO/c13-9-5-8(6-10(15)7-9)11-3-1-2-4-12(11)14/h1-7,15H. The van der Waals surface area contributed by atoms with E-state index in [0.29, 0.717) is 5.02 Å². The minimum atomic E-state index is 0.222. The molecular formula is C12H8BrClO. The highest BCUT2D eigenvalue weighted by molar-refractivity contribution is 9.10. The predicted molar refractivity (Wildman–Crippen MR) is 66.3 cm³/mol. The summed E-state index contributed by atoms with van der Waals surface area (Å²) >= 11 is 9.40. The van der Waals surface area contributed by atoms with Crippen molar-refractivity contribution in [2.75, 3.05) is 0 Å². The molecule has 0 aromatic heterocycles. The van der Waals surface area contributed by atoms with Gasteiger partial charge in [-0.25, -0.2) is 0 Å². The Balaban J connectivity index is 2.59. The van der Waals surface area contributed by atoms with Gasteiger partial charge in [0.15, 0.2) is 0 Å². The highest BCUT2D eigenvalue weighted by Crippen LogP contribution is 2.32. The van der Waals surface area contributed by atoms with Crippen LogP contribution in [0.15, 0.2) is 46.9 Å². The lowest BCUT2D eigenvalue weighted by atomic mass is 10.1. The molecule has 0 atom stereocenters. The molecule has 0 aliphatic heterocycles. The second-order valence-corrected chi connectivity index (χ2v) is 4.50. The molecule has 0 aliphatic rings. The van der Waals surface area contributed by atoms with Crippen LogP contribution in [0.4, 0.5) is 0 Å². The van der Waals surface area contributed by atoms with Crippen LogP contribution in [0.3, 0.4) is 0 Å². The molecule has 0 bridgehead atoms. The Morgan fingerprint density at radius 2 is 1.80 bits per heavy atom. The lowest BCUT2D eigenvalue weighted by Gasteiger charge is -2.05. The third-order valence-corrected chi connectivity index (χ3v) is 2.85. The minimum Gasteiger partial charge on any atom is -0.508 e. The van der Waals surface area contributed by atoms with E-state index in [1.165, 1.54) is 0 Å². The van der Waals surface area contributed by atoms with Gasteiger partial charge in [-0.05, 0) is 29.8 Å². The molecule has 3 heteroatoms. The molecule has 15 heavy (non-hydrogen) atoms. The van der Waals surface area contributed by atoms with Crippen molar-refractivity contribution in [1.82, 2.24) is 0 Å². The van der Waals surface area contributed by atoms with Crippen LogP contribution in [0, 0.1) is 0 Å². The quantitative estimate of drug-likeness (QED) is 0.818. The molecule has 2 rings (SSSR count). The van der Waals surface area contributed by atoms with Crippen molar-refractivity contribution in [3.63, 3.8) is 0 Å². The summed E-state index contributed by atoms with van der Waals surface area (Å²) in [6, 6.07) is 12.8. The first-order valence-corrected chi connectivity index (χ1v) is 5.58. The highest BCUT2D eigenvalue weighted by atomic mass is 79.9. The number of hydrogen-bond donors (Lipinski definition) is 1. The van der Waals surface area contributed by atoms with Gasteiger partial charge in [-0.3, -0.25) is 0 Å². The average molecular weight is 284 g/mol. The number of hydrogen-bond acceptors (Lipinski definition) is 1. The van der Waals surface area contributed by atoms with Crippen molar-refractivity contribution in [3.05, 3.63) is 52.0 Å². The molecular weight excluding hydrogens is 275 g/mol. The summed E-state index contributed by atoms with van der Waals surface area (Å²) in [5.41, 5.74) is 1.81. The van der Waals surface area contributed by atoms with E-state index in [9.17, 15) is 5.11 Å². The molecule has 0 spiro atoms. The first-order valence-electron chi connectivity index (χ1n) is 4.41. The van der Waals surface area contributed by atoms with Crippen molar-refractivity contribution >= 4 is 27.5 Å². The molecule has 0 saturated carbocycles. The third kappa shape index (κ3) is 2.33. The van der Waals surface area contributed by atoms with Crippen LogP contribution in [0.1, 0.15) is 0 Å². The molecule has 76 valence electrons. The van der Waals surface area contributed by atoms with Crippen molar-refractivity contribution in [3.8, 4) is 16.9 Å². The molecule has 2 aromatic rings. The van der Waals surface area contributed by atoms with Crippen molar-refractivity contribution in [1.29, 1.82) is 0 Å². The van der Waals surface area contributed by atoms with Crippen LogP contribution in [0.25, 0.3) is 11.1 Å². The summed E-state index contributed by atoms with van der Waals surface area (Å²) in [5, 5.41) is 10.1. The van der Waals surface area contributed by atoms with Gasteiger partial charge in [0.1, 0.15) is 5.75 Å². The Kier molecular flexibility index (Phi) is 2.98. The number of rotatable bonds is 1. The predicted octanol–water partition coefficient (Wildman–Crippen LogP) is 4.48. The number of phenols is 1. The van der Waals surface area contributed by atoms with E-state index >= 15 is 0 Å². The zero-order valence-electron chi connectivity index (χ0n) is 7.74. The normalized spacial score (nSPS) is 10.3. The fourth-order valence-corrected chi connectivity index (χ4v) is 2.15. The Labute approximate surface area is 101 Å². The molecule has 0 heterocycles. The van der Waals surface area contributed by atoms with Gasteiger partial charge in [0.05, 0.1) is 0 Å². The van der Waals surface area contributed by atoms with E-state index in [1.54, 1.807) is 12.1 Å². The molecule has 0 saturated heterocycles. The summed E-state index contributed by atoms with van der Waals surface area (Å²) in [5.74, 6) is 0.222. The van der Waals surface area contributed by atoms with Gasteiger partial charge in [-0.15, -0.1) is 0 Å². The maximum Gasteiger partial charge on any atom is 0.117 e. The molecule has 0 aliphatic carbocycles. The zero-order valence-corrected chi connectivity index (χ0v) is 10.1. The van der Waals surface area contributed by atoms with Gasteiger partial charge in [0.25, 0.3) is 0 Å². The van der Waals surface area contributed by atoms with E-state index in [2.05, 4.69) is 15.9 Å². The Bertz CT molecular complexity index is 476. The van der Waals surface area contributed by atoms with Gasteiger partial charge in [-0.2, -0.15) is 0 Å². The molecule has 0 radical (unpaired) electrons. The number of phenolic OH excluding ortho intramolecular Hbond substituents is 1. The van der Waals surface area contributed by atoms with Crippen LogP contribution in [0.2, 0.25) is 5.02 Å². The van der Waals surface area contributed by atoms with E-state index in [-0.39, 0.29) is 5.75 Å². The van der Waals surface area contributed by atoms with Crippen LogP contribution < -0.4 is 0 Å². The maximum absolute atomic E-state index is 9.47. The van der Waals surface area contributed by atoms with Gasteiger partial charge < -0.3 is 5.11 Å². The Hall–Kier alpha value is -0.990. The SMILES string of the molecule is Oc1cc(Br)cc(-c2ccccc2Cl)c1. The lowest BCUT2D eigenvalue weighted by Crippen LogP contribution is -1.79. The van der Waals surface area contributed by atoms with E-state index in [1.807, 2.05) is 30.3 Å². The van der Waals surface area contributed by atoms with E-state index < -0.39 is 0 Å². The molecule has 1 N–H and O–H groups in total. The summed E-state index contributed by atoms with van der Waals surface area (Å²) in [6.45, 7) is 0. The van der Waals surface area contributed by atoms with Gasteiger partial charge in [0.2, 0.25) is 0 Å². The van der Waals surface area contributed by atoms with Crippen LogP contribution in [-0.2, 0) is 0 Å². The Morgan fingerprint density at radius 3 is 2.47 bits per heavy atom. The lowest BCUT2D eigenvalue weighted by molar-refractivity contribution is 0.475. The molecule has 1 nitrogen and oxygen atoms in total. The second kappa shape index (κ2) is 4.25. The van der Waals surface area contributed by atoms with Crippen molar-refractivity contribution in [2.45, 2.75) is 0 Å². The molecule has 0 unspecified atom stereocenters. The maximum atomic E-state index is 9.47. The zero-order chi connectivity index (χ0) is 10.8. The smallest absolute Gasteiger partial charge is 0.117 e. The number of benzene rings is 2. The van der Waals surface area contributed by atoms with Gasteiger partial charge in [-0.1, -0.05) is 45.7 Å². The minimum absolute atomic E-state index is 0.222. The average Bonchev–Trinajstić information content (AvgIpc) is 2.16. The van der Waals surface area contributed by atoms with Crippen LogP contribution >= 0.6 is 27.5 Å². The highest BCUT2D eigenvalue weighted by Gasteiger charge is 2.04. The number of aromatic hydroxyl groups is 1. The summed E-state index contributed by atoms with van der Waals surface area (Å²) in [4.78, 5) is 0. The topological polar surface area (TPSA) is 20.2 Å². The van der Waals surface area contributed by atoms with E-state index in [4.69, 9.17) is 11.6 Å². The summed E-state index contributed by atoms with van der Waals surface area (Å²) < 4.78 is 0.831. The van der Waals surface area contributed by atoms with Gasteiger partial charge >= 0.3 is 0 Å². The second-order valence-electron chi connectivity index (χ2n) is 3.18. The van der Waals surface area contributed by atoms with E-state index in [0.717, 1.165) is 15.6 Å². The third-order valence-electron chi connectivity index (χ3n) is 2.07. The van der Waals surface area contributed by atoms with Crippen molar-refractivity contribution < 1.29 is 5.11 Å².